The fourth-order valence-electron chi connectivity index (χ4n) is 9.37. The predicted molar refractivity (Wildman–Crippen MR) is 289 cm³/mol. The molecule has 4 unspecified atom stereocenters. The van der Waals surface area contributed by atoms with Crippen molar-refractivity contribution in [2.75, 3.05) is 26.4 Å². The van der Waals surface area contributed by atoms with Gasteiger partial charge in [0, 0.05) is 12.5 Å². The molecule has 0 spiro atoms. The molecule has 2 fully saturated rings. The highest BCUT2D eigenvalue weighted by Crippen LogP contribution is 2.27. The maximum absolute atomic E-state index is 13.0. The highest BCUT2D eigenvalue weighted by molar-refractivity contribution is 5.82. The third-order valence-corrected chi connectivity index (χ3v) is 14.2. The molecule has 0 radical (unpaired) electrons. The molecule has 2 rings (SSSR count). The van der Waals surface area contributed by atoms with Crippen LogP contribution in [0.5, 0.6) is 0 Å². The Balaban J connectivity index is 1.77. The fourth-order valence-corrected chi connectivity index (χ4v) is 9.37. The summed E-state index contributed by atoms with van der Waals surface area (Å²) in [5.41, 5.74) is 0. The first-order chi connectivity index (χ1) is 36.0. The van der Waals surface area contributed by atoms with Gasteiger partial charge in [0.1, 0.15) is 55.4 Å². The second-order valence-corrected chi connectivity index (χ2v) is 20.9. The van der Waals surface area contributed by atoms with Gasteiger partial charge in [-0.15, -0.1) is 0 Å². The number of esters is 2. The Kier molecular flexibility index (Phi) is 41.9. The number of hydrogen-bond donors (Lipinski definition) is 7. The number of carbonyl (C=O) groups is 2. The van der Waals surface area contributed by atoms with Crippen molar-refractivity contribution in [3.8, 4) is 0 Å². The number of hydrogen-bond acceptors (Lipinski definition) is 15. The smallest absolute Gasteiger partial charge is 0.330 e. The zero-order chi connectivity index (χ0) is 53.9. The molecule has 432 valence electrons. The molecule has 0 aromatic rings. The van der Waals surface area contributed by atoms with Gasteiger partial charge in [0.25, 0.3) is 0 Å². The van der Waals surface area contributed by atoms with E-state index in [9.17, 15) is 45.3 Å². The Labute approximate surface area is 446 Å². The Morgan fingerprint density at radius 3 is 1.34 bits per heavy atom. The Morgan fingerprint density at radius 1 is 0.459 bits per heavy atom. The van der Waals surface area contributed by atoms with Crippen molar-refractivity contribution in [1.82, 2.24) is 0 Å². The molecule has 0 saturated carbocycles. The number of allylic oxidation sites excluding steroid dienone is 5. The van der Waals surface area contributed by atoms with Gasteiger partial charge in [-0.1, -0.05) is 218 Å². The predicted octanol–water partition coefficient (Wildman–Crippen LogP) is 10.1. The molecule has 15 nitrogen and oxygen atoms in total. The van der Waals surface area contributed by atoms with E-state index in [0.29, 0.717) is 12.8 Å². The lowest BCUT2D eigenvalue weighted by atomic mass is 9.98. The monoisotopic (exact) mass is 1050 g/mol. The molecule has 0 aromatic heterocycles. The molecule has 7 N–H and O–H groups in total. The number of ether oxygens (including phenoxy) is 6. The molecule has 15 heteroatoms. The maximum atomic E-state index is 13.0. The molecular weight excluding hydrogens is 949 g/mol. The van der Waals surface area contributed by atoms with Crippen LogP contribution in [0, 0.1) is 0 Å². The first-order valence-corrected chi connectivity index (χ1v) is 29.6. The lowest BCUT2D eigenvalue weighted by Gasteiger charge is -2.42. The van der Waals surface area contributed by atoms with Gasteiger partial charge in [0.05, 0.1) is 19.8 Å². The lowest BCUT2D eigenvalue weighted by Crippen LogP contribution is -2.61. The molecule has 2 heterocycles. The van der Waals surface area contributed by atoms with Crippen LogP contribution >= 0.6 is 0 Å². The zero-order valence-electron chi connectivity index (χ0n) is 46.1. The van der Waals surface area contributed by atoms with E-state index < -0.39 is 99.3 Å². The van der Waals surface area contributed by atoms with E-state index in [2.05, 4.69) is 26.0 Å². The molecule has 11 atom stereocenters. The molecule has 0 amide bonds. The Morgan fingerprint density at radius 2 is 0.865 bits per heavy atom. The summed E-state index contributed by atoms with van der Waals surface area (Å²) < 4.78 is 33.5. The summed E-state index contributed by atoms with van der Waals surface area (Å²) in [5, 5.41) is 72.2. The molecule has 2 saturated heterocycles. The highest BCUT2D eigenvalue weighted by Gasteiger charge is 2.47. The van der Waals surface area contributed by atoms with E-state index in [1.165, 1.54) is 179 Å². The average Bonchev–Trinajstić information content (AvgIpc) is 3.39. The van der Waals surface area contributed by atoms with E-state index in [4.69, 9.17) is 28.4 Å². The van der Waals surface area contributed by atoms with Crippen molar-refractivity contribution in [1.29, 1.82) is 0 Å². The van der Waals surface area contributed by atoms with Crippen LogP contribution < -0.4 is 0 Å². The Bertz CT molecular complexity index is 1430. The summed E-state index contributed by atoms with van der Waals surface area (Å²) in [6.07, 6.45) is 35.3. The highest BCUT2D eigenvalue weighted by atomic mass is 16.7. The summed E-state index contributed by atoms with van der Waals surface area (Å²) in [7, 11) is 0. The van der Waals surface area contributed by atoms with Crippen LogP contribution in [0.3, 0.4) is 0 Å². The van der Waals surface area contributed by atoms with E-state index in [0.717, 1.165) is 25.7 Å². The van der Waals surface area contributed by atoms with Crippen molar-refractivity contribution in [3.05, 3.63) is 36.5 Å². The van der Waals surface area contributed by atoms with Gasteiger partial charge in [0.15, 0.2) is 18.7 Å². The number of aliphatic hydroxyl groups excluding tert-OH is 7. The van der Waals surface area contributed by atoms with Gasteiger partial charge in [-0.05, 0) is 38.5 Å². The van der Waals surface area contributed by atoms with Crippen LogP contribution in [0.2, 0.25) is 0 Å². The molecule has 0 bridgehead atoms. The third-order valence-electron chi connectivity index (χ3n) is 14.2. The van der Waals surface area contributed by atoms with Crippen molar-refractivity contribution in [2.24, 2.45) is 0 Å². The van der Waals surface area contributed by atoms with Gasteiger partial charge in [0.2, 0.25) is 0 Å². The van der Waals surface area contributed by atoms with Crippen molar-refractivity contribution >= 4 is 11.9 Å². The quantitative estimate of drug-likeness (QED) is 0.00988. The topological polar surface area (TPSA) is 231 Å². The molecule has 2 aliphatic heterocycles. The van der Waals surface area contributed by atoms with Crippen LogP contribution in [-0.2, 0) is 38.0 Å². The minimum atomic E-state index is -1.78. The first kappa shape index (κ1) is 67.8. The van der Waals surface area contributed by atoms with Gasteiger partial charge in [-0.2, -0.15) is 0 Å². The standard InChI is InChI=1S/C59H106O15/c1-3-5-7-9-11-13-15-17-19-20-21-22-23-24-25-26-28-30-32-34-36-38-40-42-51(62)72-47(44-69-50(61)41-39-37-35-33-31-29-27-18-16-14-12-10-8-6-4-2)45-70-58-57(68)55(66)53(64)49(74-58)46-71-59-56(67)54(65)52(63)48(43-60)73-59/h34-37,39,41,47-49,52-60,63-68H,3-33,38,40,42-46H2,1-2H3/b36-34+,37-35+,41-39+/t47-,48+,49+,52-,53-,54?,55?,56?,57?,58+,59+/m1/s1. The SMILES string of the molecule is CCCCCCCCCCCCC/C=C/C=C/C(=O)OC[C@H](CO[C@H]1O[C@@H](CO[C@H]2O[C@@H](CO)[C@@H](O)C(O)C2O)[C@@H](O)C(O)C1O)OC(=O)CCC/C=C/CCCCCCCCCCCCCCCCCCCC. The van der Waals surface area contributed by atoms with Crippen molar-refractivity contribution in [3.63, 3.8) is 0 Å². The molecule has 0 aliphatic carbocycles. The molecular formula is C59H106O15. The summed E-state index contributed by atoms with van der Waals surface area (Å²) in [6.45, 7) is 2.48. The van der Waals surface area contributed by atoms with E-state index in [1.807, 2.05) is 6.08 Å². The molecule has 2 aliphatic rings. The number of unbranched alkanes of at least 4 members (excludes halogenated alkanes) is 30. The first-order valence-electron chi connectivity index (χ1n) is 29.6. The minimum absolute atomic E-state index is 0.0998. The van der Waals surface area contributed by atoms with Crippen LogP contribution in [0.15, 0.2) is 36.5 Å². The number of rotatable bonds is 47. The van der Waals surface area contributed by atoms with Crippen LogP contribution in [0.25, 0.3) is 0 Å². The van der Waals surface area contributed by atoms with Gasteiger partial charge >= 0.3 is 11.9 Å². The van der Waals surface area contributed by atoms with Crippen LogP contribution in [-0.4, -0.2) is 142 Å². The molecule has 0 aromatic carbocycles. The van der Waals surface area contributed by atoms with Gasteiger partial charge in [-0.3, -0.25) is 4.79 Å². The second kappa shape index (κ2) is 45.7. The third kappa shape index (κ3) is 32.5. The average molecular weight is 1060 g/mol. The van der Waals surface area contributed by atoms with Gasteiger partial charge in [-0.25, -0.2) is 4.79 Å². The van der Waals surface area contributed by atoms with Crippen molar-refractivity contribution < 1.29 is 73.8 Å². The van der Waals surface area contributed by atoms with Crippen LogP contribution in [0.1, 0.15) is 232 Å². The maximum Gasteiger partial charge on any atom is 0.330 e. The summed E-state index contributed by atoms with van der Waals surface area (Å²) in [4.78, 5) is 25.7. The van der Waals surface area contributed by atoms with E-state index in [-0.39, 0.29) is 13.0 Å². The second-order valence-electron chi connectivity index (χ2n) is 20.9. The van der Waals surface area contributed by atoms with Gasteiger partial charge < -0.3 is 64.2 Å². The summed E-state index contributed by atoms with van der Waals surface area (Å²) in [6, 6.07) is 0. The minimum Gasteiger partial charge on any atom is -0.458 e. The Hall–Kier alpha value is -2.28. The number of carbonyl (C=O) groups excluding carboxylic acids is 2. The van der Waals surface area contributed by atoms with Crippen LogP contribution in [0.4, 0.5) is 0 Å². The zero-order valence-corrected chi connectivity index (χ0v) is 46.1. The van der Waals surface area contributed by atoms with Crippen molar-refractivity contribution in [2.45, 2.75) is 300 Å². The van der Waals surface area contributed by atoms with E-state index in [1.54, 1.807) is 12.2 Å². The fraction of sp³-hybridized carbons (Fsp3) is 0.864. The lowest BCUT2D eigenvalue weighted by molar-refractivity contribution is -0.332. The largest absolute Gasteiger partial charge is 0.458 e. The van der Waals surface area contributed by atoms with E-state index >= 15 is 0 Å². The molecule has 74 heavy (non-hydrogen) atoms. The normalized spacial score (nSPS) is 24.9. The summed E-state index contributed by atoms with van der Waals surface area (Å²) in [5.74, 6) is -1.21. The summed E-state index contributed by atoms with van der Waals surface area (Å²) >= 11 is 0. The number of aliphatic hydroxyl groups is 7.